The Morgan fingerprint density at radius 3 is 2.29 bits per heavy atom. The van der Waals surface area contributed by atoms with Gasteiger partial charge >= 0.3 is 5.97 Å². The molecule has 1 rings (SSSR count). The average Bonchev–Trinajstić information content (AvgIpc) is 2.20. The maximum atomic E-state index is 11.9. The van der Waals surface area contributed by atoms with Crippen LogP contribution in [0.1, 0.15) is 53.9 Å². The number of hydrogen-bond donors (Lipinski definition) is 0. The highest BCUT2D eigenvalue weighted by atomic mass is 16.6. The second-order valence-electron chi connectivity index (χ2n) is 5.94. The lowest BCUT2D eigenvalue weighted by Gasteiger charge is -2.35. The third-order valence-electron chi connectivity index (χ3n) is 3.25. The molecule has 0 saturated heterocycles. The number of carbonyl (C=O) groups excluding carboxylic acids is 2. The van der Waals surface area contributed by atoms with Gasteiger partial charge < -0.3 is 4.74 Å². The number of esters is 1. The zero-order valence-electron chi connectivity index (χ0n) is 11.4. The van der Waals surface area contributed by atoms with Gasteiger partial charge in [0, 0.05) is 6.42 Å². The smallest absolute Gasteiger partial charge is 0.312 e. The Kier molecular flexibility index (Phi) is 3.80. The van der Waals surface area contributed by atoms with Crippen LogP contribution in [0.3, 0.4) is 0 Å². The highest BCUT2D eigenvalue weighted by Crippen LogP contribution is 2.33. The molecular formula is C14H22O3. The zero-order chi connectivity index (χ0) is 13.3. The van der Waals surface area contributed by atoms with E-state index in [9.17, 15) is 9.59 Å². The van der Waals surface area contributed by atoms with Crippen LogP contribution < -0.4 is 0 Å². The molecule has 0 aromatic rings. The summed E-state index contributed by atoms with van der Waals surface area (Å²) >= 11 is 0. The Morgan fingerprint density at radius 2 is 1.94 bits per heavy atom. The van der Waals surface area contributed by atoms with Crippen LogP contribution in [-0.2, 0) is 14.3 Å². The molecule has 0 radical (unpaired) electrons. The molecule has 1 aliphatic carbocycles. The third-order valence-corrected chi connectivity index (χ3v) is 3.25. The molecule has 0 fully saturated rings. The van der Waals surface area contributed by atoms with E-state index in [1.165, 1.54) is 12.5 Å². The lowest BCUT2D eigenvalue weighted by atomic mass is 9.82. The Hall–Kier alpha value is -1.12. The largest absolute Gasteiger partial charge is 0.450 e. The first-order valence-corrected chi connectivity index (χ1v) is 6.07. The summed E-state index contributed by atoms with van der Waals surface area (Å²) in [5.41, 5.74) is -0.239. The van der Waals surface area contributed by atoms with E-state index >= 15 is 0 Å². The van der Waals surface area contributed by atoms with Gasteiger partial charge in [0.1, 0.15) is 0 Å². The lowest BCUT2D eigenvalue weighted by Crippen LogP contribution is -2.45. The summed E-state index contributed by atoms with van der Waals surface area (Å²) in [5, 5.41) is 0. The van der Waals surface area contributed by atoms with Crippen molar-refractivity contribution in [1.82, 2.24) is 0 Å². The standard InChI is InChI=1S/C14H22O3/c1-10-6-8-14(9-7-10,11(2)15)17-12(16)13(3,4)5/h6H,7-9H2,1-5H3. The van der Waals surface area contributed by atoms with Gasteiger partial charge in [-0.2, -0.15) is 0 Å². The van der Waals surface area contributed by atoms with E-state index in [2.05, 4.69) is 0 Å². The van der Waals surface area contributed by atoms with Gasteiger partial charge in [0.15, 0.2) is 11.4 Å². The molecule has 0 heterocycles. The molecule has 0 aromatic heterocycles. The third kappa shape index (κ3) is 3.18. The van der Waals surface area contributed by atoms with Gasteiger partial charge in [-0.05, 0) is 47.5 Å². The summed E-state index contributed by atoms with van der Waals surface area (Å²) < 4.78 is 5.52. The van der Waals surface area contributed by atoms with Crippen LogP contribution in [0.15, 0.2) is 11.6 Å². The van der Waals surface area contributed by atoms with Crippen molar-refractivity contribution in [3.63, 3.8) is 0 Å². The van der Waals surface area contributed by atoms with E-state index in [0.717, 1.165) is 6.42 Å². The predicted molar refractivity (Wildman–Crippen MR) is 66.6 cm³/mol. The van der Waals surface area contributed by atoms with Crippen LogP contribution >= 0.6 is 0 Å². The summed E-state index contributed by atoms with van der Waals surface area (Å²) in [4.78, 5) is 23.7. The van der Waals surface area contributed by atoms with Crippen molar-refractivity contribution in [3.05, 3.63) is 11.6 Å². The minimum atomic E-state index is -0.927. The molecule has 0 bridgehead atoms. The number of ketones is 1. The van der Waals surface area contributed by atoms with Gasteiger partial charge in [-0.3, -0.25) is 9.59 Å². The van der Waals surface area contributed by atoms with E-state index in [-0.39, 0.29) is 11.8 Å². The Balaban J connectivity index is 2.89. The van der Waals surface area contributed by atoms with Gasteiger partial charge in [0.2, 0.25) is 0 Å². The minimum absolute atomic E-state index is 0.0566. The first-order valence-electron chi connectivity index (χ1n) is 6.07. The van der Waals surface area contributed by atoms with E-state index in [4.69, 9.17) is 4.74 Å². The summed E-state index contributed by atoms with van der Waals surface area (Å²) in [5.74, 6) is -0.362. The predicted octanol–water partition coefficient (Wildman–Crippen LogP) is 3.03. The molecule has 0 N–H and O–H groups in total. The fraction of sp³-hybridized carbons (Fsp3) is 0.714. The number of rotatable bonds is 2. The summed E-state index contributed by atoms with van der Waals surface area (Å²) in [6.07, 6.45) is 3.93. The SMILES string of the molecule is CC(=O)C1(OC(=O)C(C)(C)C)CC=C(C)CC1. The molecular weight excluding hydrogens is 216 g/mol. The topological polar surface area (TPSA) is 43.4 Å². The number of hydrogen-bond acceptors (Lipinski definition) is 3. The fourth-order valence-corrected chi connectivity index (χ4v) is 1.76. The summed E-state index contributed by atoms with van der Waals surface area (Å²) in [6, 6.07) is 0. The van der Waals surface area contributed by atoms with E-state index in [1.54, 1.807) is 20.8 Å². The van der Waals surface area contributed by atoms with E-state index in [1.807, 2.05) is 13.0 Å². The Labute approximate surface area is 103 Å². The van der Waals surface area contributed by atoms with Gasteiger partial charge in [0.25, 0.3) is 0 Å². The van der Waals surface area contributed by atoms with Crippen molar-refractivity contribution < 1.29 is 14.3 Å². The molecule has 0 aliphatic heterocycles. The molecule has 0 spiro atoms. The van der Waals surface area contributed by atoms with Crippen molar-refractivity contribution in [2.24, 2.45) is 5.41 Å². The first kappa shape index (κ1) is 13.9. The molecule has 96 valence electrons. The second-order valence-corrected chi connectivity index (χ2v) is 5.94. The number of Topliss-reactive ketones (excluding diaryl/α,β-unsaturated/α-hetero) is 1. The van der Waals surface area contributed by atoms with Crippen LogP contribution in [0.5, 0.6) is 0 Å². The quantitative estimate of drug-likeness (QED) is 0.548. The van der Waals surface area contributed by atoms with Crippen LogP contribution in [0, 0.1) is 5.41 Å². The first-order chi connectivity index (χ1) is 7.67. The Morgan fingerprint density at radius 1 is 1.35 bits per heavy atom. The van der Waals surface area contributed by atoms with Crippen molar-refractivity contribution in [2.75, 3.05) is 0 Å². The molecule has 1 atom stereocenters. The molecule has 0 amide bonds. The molecule has 3 heteroatoms. The zero-order valence-corrected chi connectivity index (χ0v) is 11.4. The van der Waals surface area contributed by atoms with Crippen LogP contribution in [-0.4, -0.2) is 17.4 Å². The monoisotopic (exact) mass is 238 g/mol. The Bertz CT molecular complexity index is 360. The van der Waals surface area contributed by atoms with Crippen LogP contribution in [0.4, 0.5) is 0 Å². The van der Waals surface area contributed by atoms with Crippen LogP contribution in [0.25, 0.3) is 0 Å². The maximum absolute atomic E-state index is 11.9. The molecule has 1 unspecified atom stereocenters. The normalized spacial score (nSPS) is 25.1. The highest BCUT2D eigenvalue weighted by Gasteiger charge is 2.42. The summed E-state index contributed by atoms with van der Waals surface area (Å²) in [7, 11) is 0. The van der Waals surface area contributed by atoms with Crippen molar-refractivity contribution in [1.29, 1.82) is 0 Å². The lowest BCUT2D eigenvalue weighted by molar-refractivity contribution is -0.175. The number of allylic oxidation sites excluding steroid dienone is 1. The minimum Gasteiger partial charge on any atom is -0.450 e. The van der Waals surface area contributed by atoms with Gasteiger partial charge in [0.05, 0.1) is 5.41 Å². The van der Waals surface area contributed by atoms with Crippen molar-refractivity contribution >= 4 is 11.8 Å². The molecule has 1 aliphatic rings. The molecule has 0 aromatic carbocycles. The summed E-state index contributed by atoms with van der Waals surface area (Å²) in [6.45, 7) is 8.94. The van der Waals surface area contributed by atoms with Gasteiger partial charge in [-0.15, -0.1) is 0 Å². The number of carbonyl (C=O) groups is 2. The van der Waals surface area contributed by atoms with Gasteiger partial charge in [-0.25, -0.2) is 0 Å². The molecule has 0 saturated carbocycles. The number of ether oxygens (including phenoxy) is 1. The second kappa shape index (κ2) is 4.63. The maximum Gasteiger partial charge on any atom is 0.312 e. The van der Waals surface area contributed by atoms with Gasteiger partial charge in [-0.1, -0.05) is 11.6 Å². The van der Waals surface area contributed by atoms with Crippen molar-refractivity contribution in [2.45, 2.75) is 59.5 Å². The van der Waals surface area contributed by atoms with Crippen molar-refractivity contribution in [3.8, 4) is 0 Å². The van der Waals surface area contributed by atoms with E-state index in [0.29, 0.717) is 12.8 Å². The fourth-order valence-electron chi connectivity index (χ4n) is 1.76. The van der Waals surface area contributed by atoms with E-state index < -0.39 is 11.0 Å². The van der Waals surface area contributed by atoms with Crippen LogP contribution in [0.2, 0.25) is 0 Å². The average molecular weight is 238 g/mol. The highest BCUT2D eigenvalue weighted by molar-refractivity contribution is 5.89. The molecule has 17 heavy (non-hydrogen) atoms. The molecule has 3 nitrogen and oxygen atoms in total.